The van der Waals surface area contributed by atoms with Gasteiger partial charge in [-0.15, -0.1) is 0 Å². The summed E-state index contributed by atoms with van der Waals surface area (Å²) in [6.45, 7) is 6.00. The Balaban J connectivity index is 2.17. The van der Waals surface area contributed by atoms with Crippen molar-refractivity contribution in [3.63, 3.8) is 0 Å². The fraction of sp³-hybridized carbons (Fsp3) is 0.304. The zero-order valence-electron chi connectivity index (χ0n) is 18.9. The predicted molar refractivity (Wildman–Crippen MR) is 125 cm³/mol. The number of nitrogens with zero attached hydrogens (tertiary/aromatic N) is 3. The van der Waals surface area contributed by atoms with E-state index >= 15 is 0 Å². The molecule has 0 spiro atoms. The Labute approximate surface area is 191 Å². The van der Waals surface area contributed by atoms with E-state index in [0.717, 1.165) is 21.1 Å². The molecule has 0 saturated carbocycles. The molecule has 0 aliphatic heterocycles. The van der Waals surface area contributed by atoms with Gasteiger partial charge in [0.25, 0.3) is 11.5 Å². The SMILES string of the molecule is Cc1cccc(Cn2c(=O)c(C(=O)NCC(C)C)nn(-c3ccc(S(C)(=O)=O)cc3)c2=O)c1. The van der Waals surface area contributed by atoms with E-state index in [1.807, 2.05) is 39.0 Å². The van der Waals surface area contributed by atoms with E-state index in [1.165, 1.54) is 24.3 Å². The number of nitrogens with one attached hydrogen (secondary N) is 1. The highest BCUT2D eigenvalue weighted by Gasteiger charge is 2.21. The highest BCUT2D eigenvalue weighted by atomic mass is 32.2. The van der Waals surface area contributed by atoms with Crippen molar-refractivity contribution in [3.05, 3.63) is 86.2 Å². The smallest absolute Gasteiger partial charge is 0.350 e. The highest BCUT2D eigenvalue weighted by molar-refractivity contribution is 7.90. The standard InChI is InChI=1S/C23H26N4O5S/c1-15(2)13-24-21(28)20-22(29)26(14-17-7-5-6-16(3)12-17)23(30)27(25-20)18-8-10-19(11-9-18)33(4,31)32/h5-12,15H,13-14H2,1-4H3,(H,24,28). The molecule has 0 saturated heterocycles. The van der Waals surface area contributed by atoms with Gasteiger partial charge in [0.1, 0.15) is 0 Å². The maximum atomic E-state index is 13.2. The largest absolute Gasteiger partial charge is 0.352 e. The number of carbonyl (C=O) groups is 1. The monoisotopic (exact) mass is 470 g/mol. The van der Waals surface area contributed by atoms with Crippen LogP contribution in [0.1, 0.15) is 35.5 Å². The molecule has 0 radical (unpaired) electrons. The number of carbonyl (C=O) groups excluding carboxylic acids is 1. The van der Waals surface area contributed by atoms with E-state index in [2.05, 4.69) is 10.4 Å². The molecule has 0 fully saturated rings. The maximum Gasteiger partial charge on any atom is 0.352 e. The Kier molecular flexibility index (Phi) is 6.97. The number of hydrogen-bond donors (Lipinski definition) is 1. The average Bonchev–Trinajstić information content (AvgIpc) is 2.74. The van der Waals surface area contributed by atoms with Gasteiger partial charge in [-0.25, -0.2) is 13.2 Å². The molecule has 0 bridgehead atoms. The molecule has 3 rings (SSSR count). The molecule has 9 nitrogen and oxygen atoms in total. The lowest BCUT2D eigenvalue weighted by atomic mass is 10.1. The van der Waals surface area contributed by atoms with Crippen LogP contribution in [-0.2, 0) is 16.4 Å². The van der Waals surface area contributed by atoms with E-state index in [1.54, 1.807) is 6.07 Å². The maximum absolute atomic E-state index is 13.2. The van der Waals surface area contributed by atoms with Crippen molar-refractivity contribution in [1.82, 2.24) is 19.7 Å². The normalized spacial score (nSPS) is 11.5. The third-order valence-electron chi connectivity index (χ3n) is 4.88. The molecule has 0 aliphatic rings. The quantitative estimate of drug-likeness (QED) is 0.559. The third-order valence-corrected chi connectivity index (χ3v) is 6.01. The molecule has 1 amide bonds. The molecular weight excluding hydrogens is 444 g/mol. The van der Waals surface area contributed by atoms with Crippen molar-refractivity contribution in [2.45, 2.75) is 32.2 Å². The molecule has 10 heteroatoms. The molecule has 2 aromatic carbocycles. The Hall–Kier alpha value is -3.53. The van der Waals surface area contributed by atoms with E-state index in [9.17, 15) is 22.8 Å². The summed E-state index contributed by atoms with van der Waals surface area (Å²) in [4.78, 5) is 39.1. The second kappa shape index (κ2) is 9.53. The van der Waals surface area contributed by atoms with E-state index < -0.39 is 32.7 Å². The molecular formula is C23H26N4O5S. The molecule has 1 heterocycles. The topological polar surface area (TPSA) is 120 Å². The van der Waals surface area contributed by atoms with Gasteiger partial charge in [-0.2, -0.15) is 9.78 Å². The highest BCUT2D eigenvalue weighted by Crippen LogP contribution is 2.12. The van der Waals surface area contributed by atoms with Gasteiger partial charge >= 0.3 is 5.69 Å². The number of sulfone groups is 1. The van der Waals surface area contributed by atoms with Crippen LogP contribution < -0.4 is 16.6 Å². The number of aryl methyl sites for hydroxylation is 1. The second-order valence-corrected chi connectivity index (χ2v) is 10.3. The predicted octanol–water partition coefficient (Wildman–Crippen LogP) is 1.54. The summed E-state index contributed by atoms with van der Waals surface area (Å²) in [7, 11) is -3.44. The first kappa shape index (κ1) is 24.1. The van der Waals surface area contributed by atoms with Crippen molar-refractivity contribution in [1.29, 1.82) is 0 Å². The van der Waals surface area contributed by atoms with E-state index in [0.29, 0.717) is 12.1 Å². The van der Waals surface area contributed by atoms with Gasteiger partial charge < -0.3 is 5.32 Å². The van der Waals surface area contributed by atoms with Crippen LogP contribution in [0.3, 0.4) is 0 Å². The van der Waals surface area contributed by atoms with E-state index in [-0.39, 0.29) is 23.0 Å². The second-order valence-electron chi connectivity index (χ2n) is 8.29. The van der Waals surface area contributed by atoms with Crippen LogP contribution in [0.15, 0.2) is 63.0 Å². The van der Waals surface area contributed by atoms with Crippen LogP contribution in [0.5, 0.6) is 0 Å². The summed E-state index contributed by atoms with van der Waals surface area (Å²) in [6.07, 6.45) is 1.08. The number of hydrogen-bond acceptors (Lipinski definition) is 6. The summed E-state index contributed by atoms with van der Waals surface area (Å²) >= 11 is 0. The van der Waals surface area contributed by atoms with Gasteiger partial charge in [0.2, 0.25) is 5.69 Å². The molecule has 0 aliphatic carbocycles. The zero-order valence-corrected chi connectivity index (χ0v) is 19.7. The zero-order chi connectivity index (χ0) is 24.3. The fourth-order valence-electron chi connectivity index (χ4n) is 3.17. The molecule has 174 valence electrons. The van der Waals surface area contributed by atoms with Crippen LogP contribution in [0, 0.1) is 12.8 Å². The minimum Gasteiger partial charge on any atom is -0.350 e. The van der Waals surface area contributed by atoms with Crippen LogP contribution in [0.25, 0.3) is 5.69 Å². The lowest BCUT2D eigenvalue weighted by molar-refractivity contribution is 0.0939. The minimum atomic E-state index is -3.44. The lowest BCUT2D eigenvalue weighted by Crippen LogP contribution is -2.46. The fourth-order valence-corrected chi connectivity index (χ4v) is 3.80. The summed E-state index contributed by atoms with van der Waals surface area (Å²) in [5.74, 6) is -0.536. The molecule has 1 N–H and O–H groups in total. The summed E-state index contributed by atoms with van der Waals surface area (Å²) < 4.78 is 25.4. The molecule has 0 unspecified atom stereocenters. The number of rotatable bonds is 7. The Morgan fingerprint density at radius 2 is 1.76 bits per heavy atom. The molecule has 0 atom stereocenters. The van der Waals surface area contributed by atoms with Crippen molar-refractivity contribution in [2.75, 3.05) is 12.8 Å². The van der Waals surface area contributed by atoms with Crippen LogP contribution in [0.4, 0.5) is 0 Å². The van der Waals surface area contributed by atoms with Crippen LogP contribution in [0.2, 0.25) is 0 Å². The van der Waals surface area contributed by atoms with E-state index in [4.69, 9.17) is 0 Å². The molecule has 33 heavy (non-hydrogen) atoms. The summed E-state index contributed by atoms with van der Waals surface area (Å²) in [6, 6.07) is 12.8. The lowest BCUT2D eigenvalue weighted by Gasteiger charge is -2.13. The summed E-state index contributed by atoms with van der Waals surface area (Å²) in [5, 5.41) is 6.70. The van der Waals surface area contributed by atoms with Gasteiger partial charge in [0, 0.05) is 12.8 Å². The van der Waals surface area contributed by atoms with Crippen molar-refractivity contribution >= 4 is 15.7 Å². The third kappa shape index (κ3) is 5.64. The van der Waals surface area contributed by atoms with Crippen molar-refractivity contribution < 1.29 is 13.2 Å². The molecule has 3 aromatic rings. The van der Waals surface area contributed by atoms with Gasteiger partial charge in [-0.3, -0.25) is 14.2 Å². The van der Waals surface area contributed by atoms with Crippen molar-refractivity contribution in [3.8, 4) is 5.69 Å². The Morgan fingerprint density at radius 1 is 1.09 bits per heavy atom. The minimum absolute atomic E-state index is 0.0479. The van der Waals surface area contributed by atoms with Crippen molar-refractivity contribution in [2.24, 2.45) is 5.92 Å². The van der Waals surface area contributed by atoms with Gasteiger partial charge in [0.15, 0.2) is 9.84 Å². The first-order chi connectivity index (χ1) is 15.5. The van der Waals surface area contributed by atoms with Gasteiger partial charge in [0.05, 0.1) is 17.1 Å². The number of benzene rings is 2. The Morgan fingerprint density at radius 3 is 2.33 bits per heavy atom. The summed E-state index contributed by atoms with van der Waals surface area (Å²) in [5.41, 5.74) is -0.0618. The average molecular weight is 471 g/mol. The Bertz CT molecular complexity index is 1400. The van der Waals surface area contributed by atoms with Gasteiger partial charge in [-0.05, 0) is 42.7 Å². The van der Waals surface area contributed by atoms with Crippen LogP contribution in [-0.4, -0.2) is 41.5 Å². The molecule has 1 aromatic heterocycles. The van der Waals surface area contributed by atoms with Gasteiger partial charge in [-0.1, -0.05) is 43.7 Å². The first-order valence-corrected chi connectivity index (χ1v) is 12.2. The van der Waals surface area contributed by atoms with Crippen LogP contribution >= 0.6 is 0 Å². The first-order valence-electron chi connectivity index (χ1n) is 10.4. The number of aromatic nitrogens is 3. The number of amides is 1.